The fourth-order valence-corrected chi connectivity index (χ4v) is 5.21. The van der Waals surface area contributed by atoms with Gasteiger partial charge in [-0.2, -0.15) is 4.68 Å². The van der Waals surface area contributed by atoms with E-state index in [1.807, 2.05) is 48.5 Å². The van der Waals surface area contributed by atoms with E-state index in [4.69, 9.17) is 0 Å². The first-order valence-corrected chi connectivity index (χ1v) is 11.9. The minimum absolute atomic E-state index is 0.0138. The molecular weight excluding hydrogens is 410 g/mol. The standard InChI is InChI=1S/C19H19N5O3S2/c25-19(23-10-12-29(26,27)13-11-23)16-8-4-5-9-17(16)28-14-18-20-21-22-24(18)15-6-2-1-3-7-15/h1-9H,10-14H2. The van der Waals surface area contributed by atoms with Gasteiger partial charge in [0.2, 0.25) is 0 Å². The molecule has 1 aromatic heterocycles. The quantitative estimate of drug-likeness (QED) is 0.571. The van der Waals surface area contributed by atoms with E-state index in [0.29, 0.717) is 17.1 Å². The number of carbonyl (C=O) groups is 1. The van der Waals surface area contributed by atoms with Crippen molar-refractivity contribution in [2.45, 2.75) is 10.6 Å². The molecule has 0 radical (unpaired) electrons. The average molecular weight is 430 g/mol. The Labute approximate surface area is 172 Å². The molecule has 0 unspecified atom stereocenters. The maximum Gasteiger partial charge on any atom is 0.255 e. The zero-order valence-corrected chi connectivity index (χ0v) is 17.1. The normalized spacial score (nSPS) is 15.9. The van der Waals surface area contributed by atoms with Crippen molar-refractivity contribution in [3.05, 3.63) is 66.0 Å². The second-order valence-corrected chi connectivity index (χ2v) is 9.89. The summed E-state index contributed by atoms with van der Waals surface area (Å²) in [5.41, 5.74) is 1.43. The Bertz CT molecular complexity index is 1100. The molecule has 10 heteroatoms. The molecule has 4 rings (SSSR count). The van der Waals surface area contributed by atoms with Crippen molar-refractivity contribution in [2.24, 2.45) is 0 Å². The van der Waals surface area contributed by atoms with Gasteiger partial charge in [-0.1, -0.05) is 30.3 Å². The van der Waals surface area contributed by atoms with Crippen molar-refractivity contribution in [2.75, 3.05) is 24.6 Å². The van der Waals surface area contributed by atoms with Gasteiger partial charge < -0.3 is 4.90 Å². The van der Waals surface area contributed by atoms with Crippen LogP contribution in [0.25, 0.3) is 5.69 Å². The van der Waals surface area contributed by atoms with Crippen molar-refractivity contribution < 1.29 is 13.2 Å². The van der Waals surface area contributed by atoms with Crippen LogP contribution in [0.4, 0.5) is 0 Å². The van der Waals surface area contributed by atoms with Crippen LogP contribution in [-0.4, -0.2) is 64.0 Å². The molecule has 2 heterocycles. The molecule has 29 heavy (non-hydrogen) atoms. The highest BCUT2D eigenvalue weighted by Gasteiger charge is 2.27. The Hall–Kier alpha value is -2.72. The number of tetrazole rings is 1. The zero-order chi connectivity index (χ0) is 20.3. The number of nitrogens with zero attached hydrogens (tertiary/aromatic N) is 5. The van der Waals surface area contributed by atoms with Crippen LogP contribution in [0.5, 0.6) is 0 Å². The smallest absolute Gasteiger partial charge is 0.255 e. The lowest BCUT2D eigenvalue weighted by Crippen LogP contribution is -2.43. The average Bonchev–Trinajstić information content (AvgIpc) is 3.21. The number of carbonyl (C=O) groups excluding carboxylic acids is 1. The summed E-state index contributed by atoms with van der Waals surface area (Å²) in [5.74, 6) is 1.04. The van der Waals surface area contributed by atoms with E-state index in [9.17, 15) is 13.2 Å². The molecule has 1 amide bonds. The van der Waals surface area contributed by atoms with Gasteiger partial charge >= 0.3 is 0 Å². The van der Waals surface area contributed by atoms with Crippen molar-refractivity contribution in [3.8, 4) is 5.69 Å². The topological polar surface area (TPSA) is 98.1 Å². The number of benzene rings is 2. The number of thioether (sulfide) groups is 1. The van der Waals surface area contributed by atoms with E-state index in [2.05, 4.69) is 15.5 Å². The molecule has 8 nitrogen and oxygen atoms in total. The van der Waals surface area contributed by atoms with Crippen LogP contribution in [0.15, 0.2) is 59.5 Å². The highest BCUT2D eigenvalue weighted by atomic mass is 32.2. The number of hydrogen-bond donors (Lipinski definition) is 0. The van der Waals surface area contributed by atoms with Gasteiger partial charge in [-0.3, -0.25) is 4.79 Å². The first-order chi connectivity index (χ1) is 14.0. The molecule has 0 atom stereocenters. The van der Waals surface area contributed by atoms with Gasteiger partial charge in [0.15, 0.2) is 15.7 Å². The summed E-state index contributed by atoms with van der Waals surface area (Å²) in [7, 11) is -3.04. The van der Waals surface area contributed by atoms with Crippen LogP contribution in [0.1, 0.15) is 16.2 Å². The van der Waals surface area contributed by atoms with Crippen LogP contribution < -0.4 is 0 Å². The molecule has 150 valence electrons. The Morgan fingerprint density at radius 3 is 2.45 bits per heavy atom. The molecule has 1 aliphatic heterocycles. The van der Waals surface area contributed by atoms with E-state index in [1.54, 1.807) is 15.6 Å². The number of amides is 1. The number of rotatable bonds is 5. The third-order valence-corrected chi connectivity index (χ3v) is 7.32. The summed E-state index contributed by atoms with van der Waals surface area (Å²) >= 11 is 1.48. The van der Waals surface area contributed by atoms with Gasteiger partial charge in [-0.25, -0.2) is 8.42 Å². The highest BCUT2D eigenvalue weighted by Crippen LogP contribution is 2.27. The summed E-state index contributed by atoms with van der Waals surface area (Å²) in [5, 5.41) is 11.9. The van der Waals surface area contributed by atoms with E-state index in [1.165, 1.54) is 11.8 Å². The third-order valence-electron chi connectivity index (χ3n) is 4.64. The molecule has 0 spiro atoms. The van der Waals surface area contributed by atoms with Crippen LogP contribution >= 0.6 is 11.8 Å². The van der Waals surface area contributed by atoms with E-state index in [-0.39, 0.29) is 30.5 Å². The van der Waals surface area contributed by atoms with Crippen molar-refractivity contribution in [1.82, 2.24) is 25.1 Å². The highest BCUT2D eigenvalue weighted by molar-refractivity contribution is 7.98. The van der Waals surface area contributed by atoms with Crippen LogP contribution in [-0.2, 0) is 15.6 Å². The summed E-state index contributed by atoms with van der Waals surface area (Å²) in [6, 6.07) is 16.9. The van der Waals surface area contributed by atoms with E-state index in [0.717, 1.165) is 10.6 Å². The van der Waals surface area contributed by atoms with Gasteiger partial charge in [-0.05, 0) is 34.7 Å². The predicted molar refractivity (Wildman–Crippen MR) is 110 cm³/mol. The molecular formula is C19H19N5O3S2. The Morgan fingerprint density at radius 2 is 1.69 bits per heavy atom. The van der Waals surface area contributed by atoms with E-state index < -0.39 is 9.84 Å². The van der Waals surface area contributed by atoms with Crippen molar-refractivity contribution in [3.63, 3.8) is 0 Å². The van der Waals surface area contributed by atoms with Crippen LogP contribution in [0.2, 0.25) is 0 Å². The molecule has 0 aliphatic carbocycles. The maximum absolute atomic E-state index is 13.0. The van der Waals surface area contributed by atoms with Crippen molar-refractivity contribution >= 4 is 27.5 Å². The van der Waals surface area contributed by atoms with Crippen LogP contribution in [0.3, 0.4) is 0 Å². The monoisotopic (exact) mass is 429 g/mol. The van der Waals surface area contributed by atoms with Gasteiger partial charge in [0.1, 0.15) is 0 Å². The fourth-order valence-electron chi connectivity index (χ4n) is 3.06. The SMILES string of the molecule is O=C(c1ccccc1SCc1nnnn1-c1ccccc1)N1CCS(=O)(=O)CC1. The zero-order valence-electron chi connectivity index (χ0n) is 15.5. The first-order valence-electron chi connectivity index (χ1n) is 9.08. The van der Waals surface area contributed by atoms with Gasteiger partial charge in [-0.15, -0.1) is 16.9 Å². The molecule has 1 fully saturated rings. The van der Waals surface area contributed by atoms with Gasteiger partial charge in [0.25, 0.3) is 5.91 Å². The lowest BCUT2D eigenvalue weighted by atomic mass is 10.2. The Kier molecular flexibility index (Phi) is 5.63. The lowest BCUT2D eigenvalue weighted by Gasteiger charge is -2.27. The summed E-state index contributed by atoms with van der Waals surface area (Å²) in [4.78, 5) is 15.4. The molecule has 0 bridgehead atoms. The van der Waals surface area contributed by atoms with E-state index >= 15 is 0 Å². The number of sulfone groups is 1. The first kappa shape index (κ1) is 19.6. The molecule has 1 saturated heterocycles. The van der Waals surface area contributed by atoms with Crippen LogP contribution in [0, 0.1) is 0 Å². The Morgan fingerprint density at radius 1 is 1.00 bits per heavy atom. The van der Waals surface area contributed by atoms with Crippen molar-refractivity contribution in [1.29, 1.82) is 0 Å². The third kappa shape index (κ3) is 4.48. The number of aromatic nitrogens is 4. The van der Waals surface area contributed by atoms with Gasteiger partial charge in [0.05, 0.1) is 28.5 Å². The Balaban J connectivity index is 1.50. The molecule has 0 saturated carbocycles. The fraction of sp³-hybridized carbons (Fsp3) is 0.263. The summed E-state index contributed by atoms with van der Waals surface area (Å²) in [6.45, 7) is 0.457. The summed E-state index contributed by atoms with van der Waals surface area (Å²) < 4.78 is 25.0. The minimum atomic E-state index is -3.04. The van der Waals surface area contributed by atoms with Gasteiger partial charge in [0, 0.05) is 18.0 Å². The maximum atomic E-state index is 13.0. The molecule has 0 N–H and O–H groups in total. The summed E-state index contributed by atoms with van der Waals surface area (Å²) in [6.07, 6.45) is 0. The lowest BCUT2D eigenvalue weighted by molar-refractivity contribution is 0.0767. The number of para-hydroxylation sites is 1. The second-order valence-electron chi connectivity index (χ2n) is 6.57. The largest absolute Gasteiger partial charge is 0.337 e. The predicted octanol–water partition coefficient (Wildman–Crippen LogP) is 1.83. The molecule has 1 aliphatic rings. The molecule has 3 aromatic rings. The minimum Gasteiger partial charge on any atom is -0.337 e. The second kappa shape index (κ2) is 8.34. The number of hydrogen-bond acceptors (Lipinski definition) is 7. The molecule has 2 aromatic carbocycles.